The van der Waals surface area contributed by atoms with Crippen LogP contribution < -0.4 is 20.1 Å². The molecule has 0 aliphatic carbocycles. The Kier molecular flexibility index (Phi) is 6.91. The van der Waals surface area contributed by atoms with Crippen LogP contribution >= 0.6 is 15.9 Å². The van der Waals surface area contributed by atoms with Gasteiger partial charge in [0.2, 0.25) is 5.95 Å². The summed E-state index contributed by atoms with van der Waals surface area (Å²) in [6.45, 7) is 4.25. The van der Waals surface area contributed by atoms with E-state index in [0.717, 1.165) is 16.7 Å². The number of benzene rings is 3. The van der Waals surface area contributed by atoms with Crippen LogP contribution in [0, 0.1) is 6.92 Å². The van der Waals surface area contributed by atoms with Gasteiger partial charge in [0.15, 0.2) is 11.5 Å². The summed E-state index contributed by atoms with van der Waals surface area (Å²) in [4.78, 5) is 13.5. The number of para-hydroxylation sites is 1. The van der Waals surface area contributed by atoms with Crippen molar-refractivity contribution in [3.63, 3.8) is 0 Å². The predicted octanol–water partition coefficient (Wildman–Crippen LogP) is 5.26. The van der Waals surface area contributed by atoms with E-state index in [2.05, 4.69) is 48.2 Å². The number of allylic oxidation sites excluding steroid dienone is 1. The van der Waals surface area contributed by atoms with Crippen molar-refractivity contribution in [3.8, 4) is 11.5 Å². The van der Waals surface area contributed by atoms with Crippen LogP contribution in [0.2, 0.25) is 0 Å². The summed E-state index contributed by atoms with van der Waals surface area (Å²) in [6, 6.07) is 20.6. The Hall–Kier alpha value is -4.18. The number of amides is 1. The number of carbonyl (C=O) groups excluding carboxylic acids is 1. The van der Waals surface area contributed by atoms with E-state index in [1.807, 2.05) is 74.5 Å². The Morgan fingerprint density at radius 3 is 2.68 bits per heavy atom. The Morgan fingerprint density at radius 1 is 1.11 bits per heavy atom. The maximum atomic E-state index is 13.5. The Bertz CT molecular complexity index is 1480. The van der Waals surface area contributed by atoms with Crippen molar-refractivity contribution in [2.45, 2.75) is 26.5 Å². The van der Waals surface area contributed by atoms with E-state index in [1.54, 1.807) is 11.8 Å². The van der Waals surface area contributed by atoms with Gasteiger partial charge >= 0.3 is 0 Å². The number of ether oxygens (including phenoxy) is 2. The third-order valence-electron chi connectivity index (χ3n) is 6.02. The van der Waals surface area contributed by atoms with E-state index < -0.39 is 6.04 Å². The molecule has 1 atom stereocenters. The molecule has 0 spiro atoms. The molecule has 10 heteroatoms. The standard InChI is InChI=1S/C27H25BrN6O3/c1-16-8-7-9-18(12-16)15-37-25-21(28)13-19(14-22(25)36-3)24-23(17(2)29-27-31-32-33-34(24)27)26(35)30-20-10-5-4-6-11-20/h4-14,24H,15H2,1-3H3,(H,30,35)(H,29,31,33). The average molecular weight is 561 g/mol. The highest BCUT2D eigenvalue weighted by molar-refractivity contribution is 9.10. The minimum atomic E-state index is -0.606. The number of carbonyl (C=O) groups is 1. The first kappa shape index (κ1) is 24.5. The van der Waals surface area contributed by atoms with Gasteiger partial charge in [0.25, 0.3) is 5.91 Å². The molecule has 2 heterocycles. The number of aryl methyl sites for hydroxylation is 1. The summed E-state index contributed by atoms with van der Waals surface area (Å²) in [7, 11) is 1.58. The normalized spacial score (nSPS) is 14.5. The predicted molar refractivity (Wildman–Crippen MR) is 144 cm³/mol. The molecular formula is C27H25BrN6O3. The number of hydrogen-bond acceptors (Lipinski definition) is 7. The van der Waals surface area contributed by atoms with Crippen LogP contribution in [0.1, 0.15) is 29.7 Å². The first-order valence-electron chi connectivity index (χ1n) is 11.6. The molecule has 5 rings (SSSR count). The van der Waals surface area contributed by atoms with E-state index in [9.17, 15) is 4.79 Å². The number of rotatable bonds is 7. The van der Waals surface area contributed by atoms with E-state index >= 15 is 0 Å². The molecule has 2 N–H and O–H groups in total. The van der Waals surface area contributed by atoms with Gasteiger partial charge in [0, 0.05) is 11.4 Å². The molecule has 0 bridgehead atoms. The maximum Gasteiger partial charge on any atom is 0.255 e. The summed E-state index contributed by atoms with van der Waals surface area (Å²) < 4.78 is 14.1. The van der Waals surface area contributed by atoms with Crippen molar-refractivity contribution in [2.24, 2.45) is 0 Å². The van der Waals surface area contributed by atoms with Crippen LogP contribution in [0.25, 0.3) is 0 Å². The van der Waals surface area contributed by atoms with Crippen LogP contribution in [-0.2, 0) is 11.4 Å². The third-order valence-corrected chi connectivity index (χ3v) is 6.61. The highest BCUT2D eigenvalue weighted by atomic mass is 79.9. The van der Waals surface area contributed by atoms with Gasteiger partial charge in [-0.15, -0.1) is 0 Å². The molecule has 3 aromatic carbocycles. The maximum absolute atomic E-state index is 13.5. The molecule has 1 aliphatic heterocycles. The first-order chi connectivity index (χ1) is 17.9. The van der Waals surface area contributed by atoms with Gasteiger partial charge in [-0.3, -0.25) is 4.79 Å². The van der Waals surface area contributed by atoms with Gasteiger partial charge in [0.1, 0.15) is 12.6 Å². The van der Waals surface area contributed by atoms with E-state index in [1.165, 1.54) is 0 Å². The number of aromatic nitrogens is 4. The molecule has 37 heavy (non-hydrogen) atoms. The van der Waals surface area contributed by atoms with Gasteiger partial charge < -0.3 is 20.1 Å². The quantitative estimate of drug-likeness (QED) is 0.317. The number of fused-ring (bicyclic) bond motifs is 1. The molecule has 0 saturated carbocycles. The Labute approximate surface area is 222 Å². The van der Waals surface area contributed by atoms with Gasteiger partial charge in [0.05, 0.1) is 17.2 Å². The second-order valence-corrected chi connectivity index (χ2v) is 9.50. The lowest BCUT2D eigenvalue weighted by Crippen LogP contribution is -2.31. The van der Waals surface area contributed by atoms with Crippen LogP contribution in [0.3, 0.4) is 0 Å². The molecule has 0 fully saturated rings. The molecule has 9 nitrogen and oxygen atoms in total. The lowest BCUT2D eigenvalue weighted by Gasteiger charge is -2.28. The Balaban J connectivity index is 1.52. The summed E-state index contributed by atoms with van der Waals surface area (Å²) in [5, 5.41) is 18.2. The lowest BCUT2D eigenvalue weighted by atomic mass is 9.94. The van der Waals surface area contributed by atoms with E-state index in [0.29, 0.717) is 45.5 Å². The molecule has 0 saturated heterocycles. The average Bonchev–Trinajstić information content (AvgIpc) is 3.35. The molecule has 1 aromatic heterocycles. The zero-order valence-electron chi connectivity index (χ0n) is 20.5. The number of anilines is 2. The molecule has 1 aliphatic rings. The van der Waals surface area contributed by atoms with Crippen molar-refractivity contribution in [3.05, 3.63) is 99.2 Å². The monoisotopic (exact) mass is 560 g/mol. The second kappa shape index (κ2) is 10.4. The van der Waals surface area contributed by atoms with E-state index in [-0.39, 0.29) is 5.91 Å². The first-order valence-corrected chi connectivity index (χ1v) is 12.4. The number of methoxy groups -OCH3 is 1. The zero-order chi connectivity index (χ0) is 25.9. The lowest BCUT2D eigenvalue weighted by molar-refractivity contribution is -0.113. The number of nitrogens with one attached hydrogen (secondary N) is 2. The molecule has 0 radical (unpaired) electrons. The fraction of sp³-hybridized carbons (Fsp3) is 0.185. The van der Waals surface area contributed by atoms with Gasteiger partial charge in [-0.1, -0.05) is 53.1 Å². The summed E-state index contributed by atoms with van der Waals surface area (Å²) in [5.41, 5.74) is 4.77. The van der Waals surface area contributed by atoms with Crippen LogP contribution in [0.15, 0.2) is 82.5 Å². The molecule has 1 amide bonds. The number of nitrogens with zero attached hydrogens (tertiary/aromatic N) is 4. The highest BCUT2D eigenvalue weighted by Gasteiger charge is 2.35. The topological polar surface area (TPSA) is 103 Å². The SMILES string of the molecule is COc1cc(C2C(C(=O)Nc3ccccc3)=C(C)Nc3nnnn32)cc(Br)c1OCc1cccc(C)c1. The summed E-state index contributed by atoms with van der Waals surface area (Å²) in [6.07, 6.45) is 0. The second-order valence-electron chi connectivity index (χ2n) is 8.65. The Morgan fingerprint density at radius 2 is 1.92 bits per heavy atom. The van der Waals surface area contributed by atoms with Gasteiger partial charge in [-0.25, -0.2) is 0 Å². The van der Waals surface area contributed by atoms with Crippen LogP contribution in [-0.4, -0.2) is 33.2 Å². The van der Waals surface area contributed by atoms with Crippen molar-refractivity contribution in [1.29, 1.82) is 0 Å². The summed E-state index contributed by atoms with van der Waals surface area (Å²) >= 11 is 3.65. The molecule has 4 aromatic rings. The fourth-order valence-electron chi connectivity index (χ4n) is 4.33. The fourth-order valence-corrected chi connectivity index (χ4v) is 4.90. The zero-order valence-corrected chi connectivity index (χ0v) is 22.1. The minimum absolute atomic E-state index is 0.266. The summed E-state index contributed by atoms with van der Waals surface area (Å²) in [5.74, 6) is 1.26. The van der Waals surface area contributed by atoms with Crippen LogP contribution in [0.4, 0.5) is 11.6 Å². The molecular weight excluding hydrogens is 536 g/mol. The number of tetrazole rings is 1. The van der Waals surface area contributed by atoms with E-state index in [4.69, 9.17) is 9.47 Å². The van der Waals surface area contributed by atoms with Crippen molar-refractivity contribution in [2.75, 3.05) is 17.7 Å². The molecule has 188 valence electrons. The van der Waals surface area contributed by atoms with Crippen molar-refractivity contribution < 1.29 is 14.3 Å². The van der Waals surface area contributed by atoms with Crippen LogP contribution in [0.5, 0.6) is 11.5 Å². The minimum Gasteiger partial charge on any atom is -0.493 e. The van der Waals surface area contributed by atoms with Crippen molar-refractivity contribution in [1.82, 2.24) is 20.2 Å². The smallest absolute Gasteiger partial charge is 0.255 e. The number of halogens is 1. The highest BCUT2D eigenvalue weighted by Crippen LogP contribution is 2.43. The third kappa shape index (κ3) is 5.05. The van der Waals surface area contributed by atoms with Crippen molar-refractivity contribution >= 4 is 33.5 Å². The van der Waals surface area contributed by atoms with Gasteiger partial charge in [-0.2, -0.15) is 4.68 Å². The number of hydrogen-bond donors (Lipinski definition) is 2. The largest absolute Gasteiger partial charge is 0.493 e. The van der Waals surface area contributed by atoms with Gasteiger partial charge in [-0.05, 0) is 75.6 Å². The molecule has 1 unspecified atom stereocenters.